The second-order valence-electron chi connectivity index (χ2n) is 5.66. The molecule has 0 aromatic heterocycles. The van der Waals surface area contributed by atoms with Gasteiger partial charge in [-0.05, 0) is 24.7 Å². The summed E-state index contributed by atoms with van der Waals surface area (Å²) in [7, 11) is 1.82. The second-order valence-corrected chi connectivity index (χ2v) is 6.10. The fraction of sp³-hybridized carbons (Fsp3) is 0.500. The fourth-order valence-electron chi connectivity index (χ4n) is 2.58. The SMILES string of the molecule is CNCC(C)C(=O)N1CCN(Cc2ccc(Cl)cc2)C(=O)C1. The standard InChI is InChI=1S/C16H22ClN3O2/c1-12(9-18-2)16(22)20-8-7-19(15(21)11-20)10-13-3-5-14(17)6-4-13/h3-6,12,18H,7-11H2,1-2H3. The lowest BCUT2D eigenvalue weighted by Gasteiger charge is -2.35. The number of hydrogen-bond donors (Lipinski definition) is 1. The van der Waals surface area contributed by atoms with E-state index in [1.165, 1.54) is 0 Å². The molecule has 6 heteroatoms. The van der Waals surface area contributed by atoms with E-state index in [1.54, 1.807) is 9.80 Å². The van der Waals surface area contributed by atoms with E-state index in [0.717, 1.165) is 5.56 Å². The molecular weight excluding hydrogens is 302 g/mol. The predicted octanol–water partition coefficient (Wildman–Crippen LogP) is 1.37. The van der Waals surface area contributed by atoms with Gasteiger partial charge in [0.2, 0.25) is 11.8 Å². The van der Waals surface area contributed by atoms with Crippen molar-refractivity contribution in [3.63, 3.8) is 0 Å². The molecule has 0 bridgehead atoms. The molecule has 22 heavy (non-hydrogen) atoms. The van der Waals surface area contributed by atoms with Crippen LogP contribution in [0.15, 0.2) is 24.3 Å². The summed E-state index contributed by atoms with van der Waals surface area (Å²) in [5.74, 6) is -0.0827. The molecule has 1 atom stereocenters. The largest absolute Gasteiger partial charge is 0.335 e. The smallest absolute Gasteiger partial charge is 0.242 e. The zero-order valence-electron chi connectivity index (χ0n) is 13.0. The highest BCUT2D eigenvalue weighted by Gasteiger charge is 2.29. The van der Waals surface area contributed by atoms with Gasteiger partial charge in [0.25, 0.3) is 0 Å². The van der Waals surface area contributed by atoms with Crippen LogP contribution in [-0.4, -0.2) is 54.8 Å². The number of carbonyl (C=O) groups is 2. The van der Waals surface area contributed by atoms with Gasteiger partial charge < -0.3 is 15.1 Å². The second kappa shape index (κ2) is 7.61. The third-order valence-corrected chi connectivity index (χ3v) is 4.10. The van der Waals surface area contributed by atoms with Crippen molar-refractivity contribution in [2.45, 2.75) is 13.5 Å². The summed E-state index contributed by atoms with van der Waals surface area (Å²) >= 11 is 5.86. The van der Waals surface area contributed by atoms with Crippen molar-refractivity contribution < 1.29 is 9.59 Å². The Labute approximate surface area is 136 Å². The fourth-order valence-corrected chi connectivity index (χ4v) is 2.71. The number of piperazine rings is 1. The highest BCUT2D eigenvalue weighted by Crippen LogP contribution is 2.14. The summed E-state index contributed by atoms with van der Waals surface area (Å²) < 4.78 is 0. The van der Waals surface area contributed by atoms with Crippen LogP contribution in [0.1, 0.15) is 12.5 Å². The molecule has 1 aromatic rings. The molecule has 1 unspecified atom stereocenters. The van der Waals surface area contributed by atoms with Crippen LogP contribution in [0.4, 0.5) is 0 Å². The van der Waals surface area contributed by atoms with Crippen molar-refractivity contribution in [3.8, 4) is 0 Å². The molecular formula is C16H22ClN3O2. The summed E-state index contributed by atoms with van der Waals surface area (Å²) in [6.45, 7) is 4.39. The van der Waals surface area contributed by atoms with Gasteiger partial charge in [0, 0.05) is 37.1 Å². The molecule has 2 amide bonds. The normalized spacial score (nSPS) is 16.8. The van der Waals surface area contributed by atoms with E-state index < -0.39 is 0 Å². The lowest BCUT2D eigenvalue weighted by Crippen LogP contribution is -2.53. The minimum atomic E-state index is -0.111. The molecule has 1 aromatic carbocycles. The number of nitrogens with zero attached hydrogens (tertiary/aromatic N) is 2. The first-order valence-electron chi connectivity index (χ1n) is 7.47. The van der Waals surface area contributed by atoms with Crippen LogP contribution in [0.3, 0.4) is 0 Å². The minimum Gasteiger partial charge on any atom is -0.335 e. The molecule has 0 radical (unpaired) electrons. The van der Waals surface area contributed by atoms with Crippen LogP contribution in [0.25, 0.3) is 0 Å². The monoisotopic (exact) mass is 323 g/mol. The summed E-state index contributed by atoms with van der Waals surface area (Å²) in [6, 6.07) is 7.48. The first kappa shape index (κ1) is 16.8. The lowest BCUT2D eigenvalue weighted by molar-refractivity contribution is -0.147. The van der Waals surface area contributed by atoms with Gasteiger partial charge in [0.1, 0.15) is 0 Å². The molecule has 0 spiro atoms. The van der Waals surface area contributed by atoms with Crippen molar-refractivity contribution >= 4 is 23.4 Å². The topological polar surface area (TPSA) is 52.7 Å². The molecule has 120 valence electrons. The van der Waals surface area contributed by atoms with Gasteiger partial charge in [0.15, 0.2) is 0 Å². The number of hydrogen-bond acceptors (Lipinski definition) is 3. The highest BCUT2D eigenvalue weighted by molar-refractivity contribution is 6.30. The van der Waals surface area contributed by atoms with Gasteiger partial charge in [-0.1, -0.05) is 30.7 Å². The molecule has 1 aliphatic heterocycles. The number of rotatable bonds is 5. The van der Waals surface area contributed by atoms with E-state index in [1.807, 2.05) is 38.2 Å². The number of amides is 2. The molecule has 5 nitrogen and oxygen atoms in total. The average molecular weight is 324 g/mol. The van der Waals surface area contributed by atoms with Gasteiger partial charge in [-0.15, -0.1) is 0 Å². The number of carbonyl (C=O) groups excluding carboxylic acids is 2. The van der Waals surface area contributed by atoms with Crippen LogP contribution in [0.2, 0.25) is 5.02 Å². The Morgan fingerprint density at radius 1 is 1.32 bits per heavy atom. The first-order chi connectivity index (χ1) is 10.5. The maximum absolute atomic E-state index is 12.3. The van der Waals surface area contributed by atoms with Crippen molar-refractivity contribution in [1.82, 2.24) is 15.1 Å². The molecule has 2 rings (SSSR count). The Morgan fingerprint density at radius 3 is 2.59 bits per heavy atom. The Hall–Kier alpha value is -1.59. The summed E-state index contributed by atoms with van der Waals surface area (Å²) in [4.78, 5) is 27.9. The maximum atomic E-state index is 12.3. The molecule has 1 N–H and O–H groups in total. The molecule has 0 saturated carbocycles. The van der Waals surface area contributed by atoms with E-state index in [0.29, 0.717) is 31.2 Å². The molecule has 1 fully saturated rings. The van der Waals surface area contributed by atoms with Crippen molar-refractivity contribution in [1.29, 1.82) is 0 Å². The Kier molecular flexibility index (Phi) is 5.80. The minimum absolute atomic E-state index is 0.00814. The zero-order valence-corrected chi connectivity index (χ0v) is 13.8. The summed E-state index contributed by atoms with van der Waals surface area (Å²) in [5, 5.41) is 3.68. The summed E-state index contributed by atoms with van der Waals surface area (Å²) in [5.41, 5.74) is 1.04. The van der Waals surface area contributed by atoms with E-state index in [4.69, 9.17) is 11.6 Å². The van der Waals surface area contributed by atoms with Gasteiger partial charge in [0.05, 0.1) is 6.54 Å². The Balaban J connectivity index is 1.91. The van der Waals surface area contributed by atoms with Crippen LogP contribution in [0, 0.1) is 5.92 Å². The Morgan fingerprint density at radius 2 is 2.00 bits per heavy atom. The maximum Gasteiger partial charge on any atom is 0.242 e. The van der Waals surface area contributed by atoms with Crippen LogP contribution < -0.4 is 5.32 Å². The number of nitrogens with one attached hydrogen (secondary N) is 1. The first-order valence-corrected chi connectivity index (χ1v) is 7.84. The molecule has 1 saturated heterocycles. The van der Waals surface area contributed by atoms with E-state index in [2.05, 4.69) is 5.32 Å². The van der Waals surface area contributed by atoms with Crippen LogP contribution >= 0.6 is 11.6 Å². The van der Waals surface area contributed by atoms with Gasteiger partial charge in [-0.3, -0.25) is 9.59 Å². The third-order valence-electron chi connectivity index (χ3n) is 3.85. The number of benzene rings is 1. The van der Waals surface area contributed by atoms with E-state index >= 15 is 0 Å². The van der Waals surface area contributed by atoms with Gasteiger partial charge >= 0.3 is 0 Å². The molecule has 1 aliphatic rings. The van der Waals surface area contributed by atoms with Crippen molar-refractivity contribution in [3.05, 3.63) is 34.9 Å². The van der Waals surface area contributed by atoms with Crippen LogP contribution in [-0.2, 0) is 16.1 Å². The molecule has 1 heterocycles. The summed E-state index contributed by atoms with van der Waals surface area (Å²) in [6.07, 6.45) is 0. The van der Waals surface area contributed by atoms with Gasteiger partial charge in [-0.2, -0.15) is 0 Å². The van der Waals surface area contributed by atoms with E-state index in [-0.39, 0.29) is 24.3 Å². The van der Waals surface area contributed by atoms with Gasteiger partial charge in [-0.25, -0.2) is 0 Å². The van der Waals surface area contributed by atoms with Crippen LogP contribution in [0.5, 0.6) is 0 Å². The lowest BCUT2D eigenvalue weighted by atomic mass is 10.1. The van der Waals surface area contributed by atoms with E-state index in [9.17, 15) is 9.59 Å². The Bertz CT molecular complexity index is 533. The van der Waals surface area contributed by atoms with Crippen molar-refractivity contribution in [2.24, 2.45) is 5.92 Å². The number of halogens is 1. The third kappa shape index (κ3) is 4.21. The highest BCUT2D eigenvalue weighted by atomic mass is 35.5. The molecule has 0 aliphatic carbocycles. The zero-order chi connectivity index (χ0) is 16.1. The predicted molar refractivity (Wildman–Crippen MR) is 86.5 cm³/mol. The van der Waals surface area contributed by atoms with Crippen molar-refractivity contribution in [2.75, 3.05) is 33.2 Å². The average Bonchev–Trinajstić information content (AvgIpc) is 2.51. The quantitative estimate of drug-likeness (QED) is 0.890.